The predicted molar refractivity (Wildman–Crippen MR) is 105 cm³/mol. The first kappa shape index (κ1) is 18.7. The van der Waals surface area contributed by atoms with Crippen molar-refractivity contribution in [2.75, 3.05) is 17.1 Å². The molecule has 0 aliphatic rings. The Labute approximate surface area is 158 Å². The van der Waals surface area contributed by atoms with E-state index in [-0.39, 0.29) is 10.7 Å². The molecular formula is C19H20N4O3S. The summed E-state index contributed by atoms with van der Waals surface area (Å²) in [6, 6.07) is 15.6. The van der Waals surface area contributed by atoms with Gasteiger partial charge in [0.05, 0.1) is 17.7 Å². The number of hydrogen-bond acceptors (Lipinski definition) is 6. The monoisotopic (exact) mass is 384 g/mol. The Hall–Kier alpha value is -3.13. The molecule has 0 fully saturated rings. The number of nitrogens with one attached hydrogen (secondary N) is 2. The Morgan fingerprint density at radius 1 is 0.889 bits per heavy atom. The average molecular weight is 384 g/mol. The quantitative estimate of drug-likeness (QED) is 0.674. The van der Waals surface area contributed by atoms with E-state index in [1.165, 1.54) is 6.07 Å². The lowest BCUT2D eigenvalue weighted by atomic mass is 10.2. The molecule has 7 nitrogen and oxygen atoms in total. The highest BCUT2D eigenvalue weighted by molar-refractivity contribution is 7.92. The van der Waals surface area contributed by atoms with Gasteiger partial charge < -0.3 is 10.1 Å². The fourth-order valence-corrected chi connectivity index (χ4v) is 3.59. The van der Waals surface area contributed by atoms with E-state index in [0.29, 0.717) is 11.6 Å². The number of aromatic nitrogens is 2. The third kappa shape index (κ3) is 4.53. The molecule has 0 atom stereocenters. The highest BCUT2D eigenvalue weighted by atomic mass is 32.2. The summed E-state index contributed by atoms with van der Waals surface area (Å²) in [6.07, 6.45) is 0. The highest BCUT2D eigenvalue weighted by Gasteiger charge is 2.15. The molecule has 140 valence electrons. The van der Waals surface area contributed by atoms with Gasteiger partial charge in [0, 0.05) is 0 Å². The SMILES string of the molecule is COc1ccc(C)cc1Nc1ccc(NS(=O)(=O)c2cccc(C)c2)nn1. The van der Waals surface area contributed by atoms with E-state index < -0.39 is 10.0 Å². The van der Waals surface area contributed by atoms with Gasteiger partial charge in [0.1, 0.15) is 5.75 Å². The summed E-state index contributed by atoms with van der Waals surface area (Å²) < 4.78 is 32.6. The van der Waals surface area contributed by atoms with Crippen molar-refractivity contribution < 1.29 is 13.2 Å². The van der Waals surface area contributed by atoms with Crippen LogP contribution in [0, 0.1) is 13.8 Å². The first-order valence-electron chi connectivity index (χ1n) is 8.22. The number of benzene rings is 2. The van der Waals surface area contributed by atoms with Crippen LogP contribution in [0.2, 0.25) is 0 Å². The summed E-state index contributed by atoms with van der Waals surface area (Å²) in [4.78, 5) is 0.177. The highest BCUT2D eigenvalue weighted by Crippen LogP contribution is 2.28. The smallest absolute Gasteiger partial charge is 0.263 e. The van der Waals surface area contributed by atoms with Crippen molar-refractivity contribution in [2.24, 2.45) is 0 Å². The minimum Gasteiger partial charge on any atom is -0.495 e. The zero-order valence-corrected chi connectivity index (χ0v) is 16.0. The molecule has 8 heteroatoms. The minimum atomic E-state index is -3.72. The molecule has 1 heterocycles. The van der Waals surface area contributed by atoms with Gasteiger partial charge in [-0.1, -0.05) is 18.2 Å². The van der Waals surface area contributed by atoms with Crippen LogP contribution < -0.4 is 14.8 Å². The molecule has 0 aliphatic carbocycles. The van der Waals surface area contributed by atoms with E-state index >= 15 is 0 Å². The molecule has 0 unspecified atom stereocenters. The summed E-state index contributed by atoms with van der Waals surface area (Å²) in [7, 11) is -2.13. The lowest BCUT2D eigenvalue weighted by molar-refractivity contribution is 0.416. The fourth-order valence-electron chi connectivity index (χ4n) is 2.49. The number of hydrogen-bond donors (Lipinski definition) is 2. The number of aryl methyl sites for hydroxylation is 2. The van der Waals surface area contributed by atoms with Crippen molar-refractivity contribution in [2.45, 2.75) is 18.7 Å². The molecule has 0 spiro atoms. The molecule has 0 saturated heterocycles. The summed E-state index contributed by atoms with van der Waals surface area (Å²) >= 11 is 0. The number of methoxy groups -OCH3 is 1. The van der Waals surface area contributed by atoms with Crippen LogP contribution in [0.15, 0.2) is 59.5 Å². The van der Waals surface area contributed by atoms with E-state index in [9.17, 15) is 8.42 Å². The molecule has 0 bridgehead atoms. The fraction of sp³-hybridized carbons (Fsp3) is 0.158. The molecule has 2 aromatic carbocycles. The zero-order chi connectivity index (χ0) is 19.4. The molecule has 2 N–H and O–H groups in total. The van der Waals surface area contributed by atoms with Crippen molar-refractivity contribution in [1.29, 1.82) is 0 Å². The second kappa shape index (κ2) is 7.63. The Morgan fingerprint density at radius 2 is 1.59 bits per heavy atom. The van der Waals surface area contributed by atoms with Crippen LogP contribution in [-0.4, -0.2) is 25.7 Å². The minimum absolute atomic E-state index is 0.137. The topological polar surface area (TPSA) is 93.2 Å². The van der Waals surface area contributed by atoms with E-state index in [1.54, 1.807) is 31.4 Å². The number of anilines is 3. The maximum absolute atomic E-state index is 12.4. The van der Waals surface area contributed by atoms with Crippen LogP contribution in [0.3, 0.4) is 0 Å². The Kier molecular flexibility index (Phi) is 5.27. The first-order valence-corrected chi connectivity index (χ1v) is 9.70. The Balaban J connectivity index is 1.77. The van der Waals surface area contributed by atoms with Crippen LogP contribution in [0.25, 0.3) is 0 Å². The van der Waals surface area contributed by atoms with Gasteiger partial charge in [-0.15, -0.1) is 10.2 Å². The van der Waals surface area contributed by atoms with Crippen molar-refractivity contribution in [3.05, 3.63) is 65.7 Å². The van der Waals surface area contributed by atoms with E-state index in [0.717, 1.165) is 16.8 Å². The van der Waals surface area contributed by atoms with Gasteiger partial charge in [-0.3, -0.25) is 4.72 Å². The van der Waals surface area contributed by atoms with Crippen molar-refractivity contribution >= 4 is 27.3 Å². The third-order valence-electron chi connectivity index (χ3n) is 3.82. The number of sulfonamides is 1. The number of ether oxygens (including phenoxy) is 1. The Morgan fingerprint density at radius 3 is 2.26 bits per heavy atom. The molecule has 3 aromatic rings. The zero-order valence-electron chi connectivity index (χ0n) is 15.2. The van der Waals surface area contributed by atoms with Crippen LogP contribution in [-0.2, 0) is 10.0 Å². The maximum atomic E-state index is 12.4. The van der Waals surface area contributed by atoms with Crippen LogP contribution in [0.1, 0.15) is 11.1 Å². The van der Waals surface area contributed by atoms with Crippen LogP contribution in [0.4, 0.5) is 17.3 Å². The van der Waals surface area contributed by atoms with Gasteiger partial charge in [0.2, 0.25) is 0 Å². The summed E-state index contributed by atoms with van der Waals surface area (Å²) in [5.41, 5.74) is 2.67. The second-order valence-electron chi connectivity index (χ2n) is 6.05. The van der Waals surface area contributed by atoms with E-state index in [1.807, 2.05) is 38.1 Å². The number of rotatable bonds is 6. The molecular weight excluding hydrogens is 364 g/mol. The third-order valence-corrected chi connectivity index (χ3v) is 5.17. The molecule has 0 amide bonds. The first-order chi connectivity index (χ1) is 12.9. The lowest BCUT2D eigenvalue weighted by Crippen LogP contribution is -2.14. The van der Waals surface area contributed by atoms with Crippen LogP contribution >= 0.6 is 0 Å². The molecule has 0 radical (unpaired) electrons. The van der Waals surface area contributed by atoms with Crippen LogP contribution in [0.5, 0.6) is 5.75 Å². The van der Waals surface area contributed by atoms with Gasteiger partial charge in [-0.2, -0.15) is 0 Å². The van der Waals surface area contributed by atoms with Gasteiger partial charge >= 0.3 is 0 Å². The van der Waals surface area contributed by atoms with E-state index in [2.05, 4.69) is 20.2 Å². The number of nitrogens with zero attached hydrogens (tertiary/aromatic N) is 2. The average Bonchev–Trinajstić information content (AvgIpc) is 2.63. The van der Waals surface area contributed by atoms with Gasteiger partial charge in [0.15, 0.2) is 11.6 Å². The van der Waals surface area contributed by atoms with E-state index in [4.69, 9.17) is 4.74 Å². The molecule has 0 aliphatic heterocycles. The van der Waals surface area contributed by atoms with Gasteiger partial charge in [0.25, 0.3) is 10.0 Å². The maximum Gasteiger partial charge on any atom is 0.263 e. The van der Waals surface area contributed by atoms with Gasteiger partial charge in [-0.05, 0) is 61.4 Å². The second-order valence-corrected chi connectivity index (χ2v) is 7.74. The summed E-state index contributed by atoms with van der Waals surface area (Å²) in [5.74, 6) is 1.28. The largest absolute Gasteiger partial charge is 0.495 e. The lowest BCUT2D eigenvalue weighted by Gasteiger charge is -2.12. The molecule has 0 saturated carbocycles. The normalized spacial score (nSPS) is 11.1. The van der Waals surface area contributed by atoms with Gasteiger partial charge in [-0.25, -0.2) is 8.42 Å². The molecule has 3 rings (SSSR count). The summed E-state index contributed by atoms with van der Waals surface area (Å²) in [5, 5.41) is 11.1. The summed E-state index contributed by atoms with van der Waals surface area (Å²) in [6.45, 7) is 3.80. The standard InChI is InChI=1S/C19H20N4O3S/c1-13-5-4-6-15(11-13)27(24,25)23-19-10-9-18(21-22-19)20-16-12-14(2)7-8-17(16)26-3/h4-12H,1-3H3,(H,20,21)(H,22,23). The predicted octanol–water partition coefficient (Wildman–Crippen LogP) is 3.65. The molecule has 1 aromatic heterocycles. The van der Waals surface area contributed by atoms with Crippen molar-refractivity contribution in [1.82, 2.24) is 10.2 Å². The van der Waals surface area contributed by atoms with Crippen molar-refractivity contribution in [3.8, 4) is 5.75 Å². The Bertz CT molecular complexity index is 1050. The van der Waals surface area contributed by atoms with Crippen molar-refractivity contribution in [3.63, 3.8) is 0 Å². The molecule has 27 heavy (non-hydrogen) atoms.